The number of fused-ring (bicyclic) bond motifs is 2. The molecule has 18 unspecified atom stereocenters. The van der Waals surface area contributed by atoms with Gasteiger partial charge in [0.15, 0.2) is 0 Å². The van der Waals surface area contributed by atoms with Crippen molar-refractivity contribution in [3.8, 4) is 12.1 Å². The lowest BCUT2D eigenvalue weighted by Gasteiger charge is -2.69. The first-order chi connectivity index (χ1) is 29.8. The second-order valence-corrected chi connectivity index (χ2v) is 24.4. The zero-order valence-corrected chi connectivity index (χ0v) is 38.6. The van der Waals surface area contributed by atoms with Crippen LogP contribution < -0.4 is 0 Å². The summed E-state index contributed by atoms with van der Waals surface area (Å²) in [6, 6.07) is 8.70. The van der Waals surface area contributed by atoms with Crippen LogP contribution in [-0.2, 0) is 0 Å². The Labute approximate surface area is 372 Å². The molecule has 7 fully saturated rings. The molecule has 11 rings (SSSR count). The van der Waals surface area contributed by atoms with Gasteiger partial charge in [0.2, 0.25) is 0 Å². The van der Waals surface area contributed by atoms with Crippen LogP contribution in [0.4, 0.5) is 0 Å². The minimum atomic E-state index is 0.197. The highest BCUT2D eigenvalue weighted by atomic mass is 15.2. The van der Waals surface area contributed by atoms with Crippen LogP contribution in [0, 0.1) is 117 Å². The van der Waals surface area contributed by atoms with Gasteiger partial charge in [0.25, 0.3) is 0 Å². The highest BCUT2D eigenvalue weighted by Crippen LogP contribution is 2.69. The van der Waals surface area contributed by atoms with Crippen molar-refractivity contribution in [3.05, 3.63) is 48.2 Å². The average Bonchev–Trinajstić information content (AvgIpc) is 3.30. The van der Waals surface area contributed by atoms with Crippen molar-refractivity contribution in [2.24, 2.45) is 94.2 Å². The Balaban J connectivity index is 0.992. The molecule has 0 N–H and O–H groups in total. The Morgan fingerprint density at radius 1 is 0.623 bits per heavy atom. The summed E-state index contributed by atoms with van der Waals surface area (Å²) in [6.07, 6.45) is 48.8. The third kappa shape index (κ3) is 7.29. The summed E-state index contributed by atoms with van der Waals surface area (Å²) in [6.45, 7) is 7.99. The normalized spacial score (nSPS) is 49.3. The van der Waals surface area contributed by atoms with Gasteiger partial charge in [-0.3, -0.25) is 4.90 Å². The number of rotatable bonds is 7. The lowest BCUT2D eigenvalue weighted by molar-refractivity contribution is -0.188. The quantitative estimate of drug-likeness (QED) is 0.240. The standard InChI is InChI=1S/C57H82N4/c1-4-38-31-53(61(45-21-15-37(35-59)16-22-45)47-24-18-40-10-6-8-12-42(40)30-47)50-33-51-54-43(27-28-57(51,2)3)32-52(49-26-25-48(38)55(50)56(49)54)60(44-19-13-36(34-58)14-20-44)46-23-17-39-9-5-7-11-41(39)29-46/h7-8,11-12,21,25-26,36-44,46-56H,4-6,9-10,13-20,22-24,27-33H2,1-3H3. The summed E-state index contributed by atoms with van der Waals surface area (Å²) in [5, 5.41) is 20.1. The van der Waals surface area contributed by atoms with Gasteiger partial charge in [-0.15, -0.1) is 0 Å². The van der Waals surface area contributed by atoms with Crippen LogP contribution in [0.5, 0.6) is 0 Å². The highest BCUT2D eigenvalue weighted by Gasteiger charge is 2.65. The fraction of sp³-hybridized carbons (Fsp3) is 0.825. The fourth-order valence-corrected chi connectivity index (χ4v) is 18.7. The second kappa shape index (κ2) is 16.9. The zero-order valence-electron chi connectivity index (χ0n) is 38.6. The third-order valence-electron chi connectivity index (χ3n) is 21.6. The van der Waals surface area contributed by atoms with Gasteiger partial charge in [-0.1, -0.05) is 69.7 Å². The van der Waals surface area contributed by atoms with Gasteiger partial charge < -0.3 is 4.90 Å². The summed E-state index contributed by atoms with van der Waals surface area (Å²) < 4.78 is 0. The molecule has 4 heteroatoms. The van der Waals surface area contributed by atoms with Crippen molar-refractivity contribution in [3.63, 3.8) is 0 Å². The number of nitriles is 2. The van der Waals surface area contributed by atoms with Crippen LogP contribution in [0.25, 0.3) is 0 Å². The van der Waals surface area contributed by atoms with Crippen molar-refractivity contribution >= 4 is 0 Å². The van der Waals surface area contributed by atoms with Gasteiger partial charge in [-0.25, -0.2) is 0 Å². The summed E-state index contributed by atoms with van der Waals surface area (Å²) in [5.74, 6) is 10.9. The molecule has 0 bridgehead atoms. The minimum absolute atomic E-state index is 0.197. The van der Waals surface area contributed by atoms with Crippen molar-refractivity contribution in [1.82, 2.24) is 9.80 Å². The summed E-state index contributed by atoms with van der Waals surface area (Å²) in [4.78, 5) is 6.50. The van der Waals surface area contributed by atoms with Crippen LogP contribution in [0.2, 0.25) is 0 Å². The van der Waals surface area contributed by atoms with E-state index in [4.69, 9.17) is 0 Å². The van der Waals surface area contributed by atoms with E-state index >= 15 is 0 Å². The van der Waals surface area contributed by atoms with E-state index in [0.29, 0.717) is 41.5 Å². The molecule has 0 aliphatic heterocycles. The molecule has 0 aromatic carbocycles. The molecular formula is C57H82N4. The number of nitrogens with zero attached hydrogens (tertiary/aromatic N) is 4. The zero-order chi connectivity index (χ0) is 41.4. The van der Waals surface area contributed by atoms with Crippen LogP contribution in [0.15, 0.2) is 48.2 Å². The van der Waals surface area contributed by atoms with E-state index in [9.17, 15) is 10.5 Å². The van der Waals surface area contributed by atoms with Gasteiger partial charge in [-0.05, 0) is 224 Å². The lowest BCUT2D eigenvalue weighted by Crippen LogP contribution is -2.68. The maximum Gasteiger partial charge on any atom is 0.0659 e. The van der Waals surface area contributed by atoms with Crippen molar-refractivity contribution in [1.29, 1.82) is 10.5 Å². The van der Waals surface area contributed by atoms with Crippen LogP contribution in [0.3, 0.4) is 0 Å². The molecule has 0 aromatic heterocycles. The van der Waals surface area contributed by atoms with Gasteiger partial charge in [0.1, 0.15) is 0 Å². The Bertz CT molecular complexity index is 1800. The molecule has 0 saturated heterocycles. The van der Waals surface area contributed by atoms with Crippen molar-refractivity contribution in [2.45, 2.75) is 199 Å². The molecule has 11 aliphatic rings. The molecule has 0 aromatic rings. The van der Waals surface area contributed by atoms with Crippen LogP contribution >= 0.6 is 0 Å². The Kier molecular flexibility index (Phi) is 11.5. The van der Waals surface area contributed by atoms with Crippen molar-refractivity contribution in [2.75, 3.05) is 0 Å². The Morgan fingerprint density at radius 2 is 1.31 bits per heavy atom. The molecule has 7 saturated carbocycles. The third-order valence-corrected chi connectivity index (χ3v) is 21.6. The maximum atomic E-state index is 10.0. The first kappa shape index (κ1) is 41.4. The van der Waals surface area contributed by atoms with E-state index < -0.39 is 0 Å². The molecule has 0 radical (unpaired) electrons. The van der Waals surface area contributed by atoms with Crippen molar-refractivity contribution < 1.29 is 0 Å². The Hall–Kier alpha value is -2.30. The first-order valence-corrected chi connectivity index (χ1v) is 26.9. The van der Waals surface area contributed by atoms with E-state index in [2.05, 4.69) is 85.2 Å². The topological polar surface area (TPSA) is 54.1 Å². The molecule has 11 aliphatic carbocycles. The lowest BCUT2D eigenvalue weighted by atomic mass is 9.38. The molecule has 0 spiro atoms. The molecular weight excluding hydrogens is 741 g/mol. The van der Waals surface area contributed by atoms with Gasteiger partial charge in [0, 0.05) is 41.8 Å². The van der Waals surface area contributed by atoms with E-state index in [1.807, 2.05) is 0 Å². The average molecular weight is 823 g/mol. The number of hydrogen-bond acceptors (Lipinski definition) is 4. The summed E-state index contributed by atoms with van der Waals surface area (Å²) in [7, 11) is 0. The van der Waals surface area contributed by atoms with E-state index in [1.54, 1.807) is 5.70 Å². The van der Waals surface area contributed by atoms with Gasteiger partial charge in [0.05, 0.1) is 18.1 Å². The summed E-state index contributed by atoms with van der Waals surface area (Å²) in [5.41, 5.74) is 2.07. The van der Waals surface area contributed by atoms with Crippen LogP contribution in [-0.4, -0.2) is 40.0 Å². The predicted octanol–water partition coefficient (Wildman–Crippen LogP) is 13.4. The largest absolute Gasteiger partial charge is 0.369 e. The molecule has 0 heterocycles. The fourth-order valence-electron chi connectivity index (χ4n) is 18.7. The highest BCUT2D eigenvalue weighted by molar-refractivity contribution is 5.24. The van der Waals surface area contributed by atoms with Gasteiger partial charge in [-0.2, -0.15) is 10.5 Å². The monoisotopic (exact) mass is 823 g/mol. The number of allylic oxidation sites excluding steroid dienone is 7. The van der Waals surface area contributed by atoms with Gasteiger partial charge >= 0.3 is 0 Å². The van der Waals surface area contributed by atoms with Crippen LogP contribution in [0.1, 0.15) is 168 Å². The molecule has 0 amide bonds. The smallest absolute Gasteiger partial charge is 0.0659 e. The number of hydrogen-bond donors (Lipinski definition) is 0. The predicted molar refractivity (Wildman–Crippen MR) is 247 cm³/mol. The molecule has 330 valence electrons. The first-order valence-electron chi connectivity index (χ1n) is 26.9. The molecule has 61 heavy (non-hydrogen) atoms. The summed E-state index contributed by atoms with van der Waals surface area (Å²) >= 11 is 0. The Morgan fingerprint density at radius 3 is 2.00 bits per heavy atom. The minimum Gasteiger partial charge on any atom is -0.369 e. The second-order valence-electron chi connectivity index (χ2n) is 24.4. The molecule has 4 nitrogen and oxygen atoms in total. The van der Waals surface area contributed by atoms with E-state index in [0.717, 1.165) is 103 Å². The van der Waals surface area contributed by atoms with E-state index in [-0.39, 0.29) is 11.8 Å². The SMILES string of the molecule is CCC1CC(N(C2=CCC(C#N)CC2)C2CCC3CCC=CC3C2)C2CC3C4C(CCC3(C)C)CC(N(C3CCC(C#N)CC3)C3CCC5CCC=CC5C3)C3C=CC1C2C34. The molecule has 18 atom stereocenters. The maximum absolute atomic E-state index is 10.0. The van der Waals surface area contributed by atoms with E-state index in [1.165, 1.54) is 116 Å².